The maximum atomic E-state index is 12.4. The third-order valence-corrected chi connectivity index (χ3v) is 5.10. The Bertz CT molecular complexity index is 821. The molecule has 22 heavy (non-hydrogen) atoms. The van der Waals surface area contributed by atoms with Gasteiger partial charge < -0.3 is 8.83 Å². The van der Waals surface area contributed by atoms with E-state index >= 15 is 0 Å². The van der Waals surface area contributed by atoms with Crippen LogP contribution < -0.4 is 0 Å². The Labute approximate surface area is 134 Å². The molecule has 108 valence electrons. The lowest BCUT2D eigenvalue weighted by molar-refractivity contribution is 0.0983. The zero-order valence-corrected chi connectivity index (χ0v) is 12.9. The maximum absolute atomic E-state index is 12.4. The molecule has 0 fully saturated rings. The molecule has 0 radical (unpaired) electrons. The number of carbonyl (C=O) groups is 1. The number of thiophene rings is 2. The number of carbonyl (C=O) groups excluding carboxylic acids is 1. The van der Waals surface area contributed by atoms with Crippen LogP contribution in [0, 0.1) is 0 Å². The van der Waals surface area contributed by atoms with Crippen LogP contribution in [0.15, 0.2) is 68.5 Å². The van der Waals surface area contributed by atoms with E-state index in [0.29, 0.717) is 0 Å². The van der Waals surface area contributed by atoms with E-state index in [1.165, 1.54) is 0 Å². The summed E-state index contributed by atoms with van der Waals surface area (Å²) < 4.78 is 10.8. The van der Waals surface area contributed by atoms with Gasteiger partial charge in [-0.3, -0.25) is 4.79 Å². The van der Waals surface area contributed by atoms with E-state index in [4.69, 9.17) is 8.83 Å². The molecule has 0 aromatic carbocycles. The van der Waals surface area contributed by atoms with Crippen LogP contribution in [0.2, 0.25) is 0 Å². The first kappa shape index (κ1) is 13.3. The van der Waals surface area contributed by atoms with Crippen LogP contribution in [0.1, 0.15) is 16.3 Å². The molecule has 0 aliphatic carbocycles. The molecule has 0 aliphatic heterocycles. The highest BCUT2D eigenvalue weighted by Gasteiger charge is 2.19. The van der Waals surface area contributed by atoms with Crippen molar-refractivity contribution in [2.45, 2.75) is 0 Å². The van der Waals surface area contributed by atoms with Gasteiger partial charge in [0.1, 0.15) is 12.5 Å². The quantitative estimate of drug-likeness (QED) is 0.461. The van der Waals surface area contributed by atoms with E-state index in [2.05, 4.69) is 0 Å². The van der Waals surface area contributed by atoms with Crippen LogP contribution in [0.5, 0.6) is 0 Å². The van der Waals surface area contributed by atoms with Gasteiger partial charge in [-0.1, -0.05) is 12.1 Å². The van der Waals surface area contributed by atoms with Crippen molar-refractivity contribution in [1.29, 1.82) is 0 Å². The smallest absolute Gasteiger partial charge is 0.263 e. The molecule has 0 bridgehead atoms. The van der Waals surface area contributed by atoms with Crippen molar-refractivity contribution in [2.75, 3.05) is 0 Å². The van der Waals surface area contributed by atoms with Crippen LogP contribution >= 0.6 is 22.7 Å². The standard InChI is InChI=1S/C17H10O3S2/c18-17(13-7-11(9-19-13)15-3-1-5-21-15)14-8-12(10-20-14)16-4-2-6-22-16/h1-10H. The van der Waals surface area contributed by atoms with Gasteiger partial charge in [0.15, 0.2) is 11.5 Å². The summed E-state index contributed by atoms with van der Waals surface area (Å²) >= 11 is 3.21. The Morgan fingerprint density at radius 1 is 0.818 bits per heavy atom. The lowest BCUT2D eigenvalue weighted by Crippen LogP contribution is -1.96. The molecule has 0 saturated heterocycles. The molecular weight excluding hydrogens is 316 g/mol. The fraction of sp³-hybridized carbons (Fsp3) is 0. The maximum Gasteiger partial charge on any atom is 0.263 e. The summed E-state index contributed by atoms with van der Waals surface area (Å²) in [6.07, 6.45) is 3.20. The largest absolute Gasteiger partial charge is 0.460 e. The SMILES string of the molecule is O=C(c1cc(-c2cccs2)co1)c1cc(-c2cccs2)co1. The summed E-state index contributed by atoms with van der Waals surface area (Å²) in [4.78, 5) is 14.6. The van der Waals surface area contributed by atoms with Crippen molar-refractivity contribution in [2.24, 2.45) is 0 Å². The van der Waals surface area contributed by atoms with Gasteiger partial charge in [-0.2, -0.15) is 0 Å². The fourth-order valence-corrected chi connectivity index (χ4v) is 3.58. The number of hydrogen-bond donors (Lipinski definition) is 0. The lowest BCUT2D eigenvalue weighted by Gasteiger charge is -1.90. The Balaban J connectivity index is 1.62. The number of rotatable bonds is 4. The van der Waals surface area contributed by atoms with Crippen LogP contribution in [0.4, 0.5) is 0 Å². The molecule has 0 saturated carbocycles. The first-order valence-electron chi connectivity index (χ1n) is 6.61. The number of ketones is 1. The normalized spacial score (nSPS) is 10.9. The Hall–Kier alpha value is -2.37. The van der Waals surface area contributed by atoms with Crippen LogP contribution in [-0.4, -0.2) is 5.78 Å². The van der Waals surface area contributed by atoms with Gasteiger partial charge in [0, 0.05) is 20.9 Å². The lowest BCUT2D eigenvalue weighted by atomic mass is 10.2. The Morgan fingerprint density at radius 3 is 1.73 bits per heavy atom. The van der Waals surface area contributed by atoms with Gasteiger partial charge in [-0.15, -0.1) is 22.7 Å². The summed E-state index contributed by atoms with van der Waals surface area (Å²) in [6.45, 7) is 0. The molecule has 3 nitrogen and oxygen atoms in total. The first-order valence-corrected chi connectivity index (χ1v) is 8.37. The summed E-state index contributed by atoms with van der Waals surface area (Å²) in [5, 5.41) is 3.98. The second kappa shape index (κ2) is 5.44. The molecule has 0 amide bonds. The van der Waals surface area contributed by atoms with Crippen molar-refractivity contribution in [1.82, 2.24) is 0 Å². The molecule has 4 aromatic heterocycles. The van der Waals surface area contributed by atoms with Crippen LogP contribution in [0.3, 0.4) is 0 Å². The molecule has 4 heterocycles. The average molecular weight is 326 g/mol. The fourth-order valence-electron chi connectivity index (χ4n) is 2.18. The topological polar surface area (TPSA) is 43.4 Å². The van der Waals surface area contributed by atoms with E-state index in [0.717, 1.165) is 20.9 Å². The van der Waals surface area contributed by atoms with E-state index in [9.17, 15) is 4.79 Å². The van der Waals surface area contributed by atoms with Gasteiger partial charge in [0.05, 0.1) is 0 Å². The predicted octanol–water partition coefficient (Wildman–Crippen LogP) is 5.56. The zero-order chi connectivity index (χ0) is 14.9. The van der Waals surface area contributed by atoms with Crippen LogP contribution in [-0.2, 0) is 0 Å². The van der Waals surface area contributed by atoms with Crippen molar-refractivity contribution in [3.05, 3.63) is 71.2 Å². The molecular formula is C17H10O3S2. The van der Waals surface area contributed by atoms with Crippen molar-refractivity contribution in [3.8, 4) is 20.9 Å². The Morgan fingerprint density at radius 2 is 1.32 bits per heavy atom. The highest BCUT2D eigenvalue weighted by Crippen LogP contribution is 2.30. The van der Waals surface area contributed by atoms with E-state index in [1.807, 2.05) is 35.0 Å². The second-order valence-corrected chi connectivity index (χ2v) is 6.58. The minimum Gasteiger partial charge on any atom is -0.460 e. The third kappa shape index (κ3) is 2.34. The zero-order valence-electron chi connectivity index (χ0n) is 11.3. The minimum absolute atomic E-state index is 0.245. The summed E-state index contributed by atoms with van der Waals surface area (Å²) in [6, 6.07) is 11.4. The van der Waals surface area contributed by atoms with Crippen LogP contribution in [0.25, 0.3) is 20.9 Å². The first-order chi connectivity index (χ1) is 10.8. The van der Waals surface area contributed by atoms with Gasteiger partial charge >= 0.3 is 0 Å². The van der Waals surface area contributed by atoms with Gasteiger partial charge in [-0.25, -0.2) is 0 Å². The summed E-state index contributed by atoms with van der Waals surface area (Å²) in [5.41, 5.74) is 1.81. The molecule has 0 aliphatic rings. The van der Waals surface area contributed by atoms with Crippen molar-refractivity contribution >= 4 is 28.5 Å². The molecule has 4 rings (SSSR count). The summed E-state index contributed by atoms with van der Waals surface area (Å²) in [5.74, 6) is 0.330. The average Bonchev–Trinajstić information content (AvgIpc) is 3.35. The number of hydrogen-bond acceptors (Lipinski definition) is 5. The van der Waals surface area contributed by atoms with E-state index < -0.39 is 0 Å². The molecule has 5 heteroatoms. The molecule has 0 N–H and O–H groups in total. The van der Waals surface area contributed by atoms with Crippen molar-refractivity contribution in [3.63, 3.8) is 0 Å². The van der Waals surface area contributed by atoms with E-state index in [1.54, 1.807) is 47.3 Å². The van der Waals surface area contributed by atoms with Gasteiger partial charge in [0.2, 0.25) is 0 Å². The molecule has 0 unspecified atom stereocenters. The second-order valence-electron chi connectivity index (χ2n) is 4.68. The number of furan rings is 2. The predicted molar refractivity (Wildman–Crippen MR) is 87.5 cm³/mol. The molecule has 4 aromatic rings. The van der Waals surface area contributed by atoms with Gasteiger partial charge in [0.25, 0.3) is 5.78 Å². The van der Waals surface area contributed by atoms with Gasteiger partial charge in [-0.05, 0) is 35.0 Å². The third-order valence-electron chi connectivity index (χ3n) is 3.26. The van der Waals surface area contributed by atoms with E-state index in [-0.39, 0.29) is 17.3 Å². The summed E-state index contributed by atoms with van der Waals surface area (Å²) in [7, 11) is 0. The van der Waals surface area contributed by atoms with Crippen molar-refractivity contribution < 1.29 is 13.6 Å². The molecule has 0 spiro atoms. The Kier molecular flexibility index (Phi) is 3.29. The molecule has 0 atom stereocenters. The highest BCUT2D eigenvalue weighted by molar-refractivity contribution is 7.13. The monoisotopic (exact) mass is 326 g/mol. The highest BCUT2D eigenvalue weighted by atomic mass is 32.1. The minimum atomic E-state index is -0.245.